The summed E-state index contributed by atoms with van der Waals surface area (Å²) < 4.78 is 31.2. The van der Waals surface area contributed by atoms with Crippen molar-refractivity contribution < 1.29 is 37.8 Å². The van der Waals surface area contributed by atoms with E-state index < -0.39 is 47.4 Å². The number of aryl methyl sites for hydroxylation is 1. The molecule has 6 atom stereocenters. The van der Waals surface area contributed by atoms with Gasteiger partial charge in [-0.25, -0.2) is 9.18 Å². The Kier molecular flexibility index (Phi) is 11.8. The molecule has 2 aliphatic heterocycles. The summed E-state index contributed by atoms with van der Waals surface area (Å²) >= 11 is 6.32. The van der Waals surface area contributed by atoms with Gasteiger partial charge in [0.1, 0.15) is 24.1 Å². The Labute approximate surface area is 280 Å². The topological polar surface area (TPSA) is 123 Å². The molecule has 2 N–H and O–H groups in total. The first-order valence-corrected chi connectivity index (χ1v) is 16.3. The number of nitrogens with one attached hydrogen (secondary N) is 2. The summed E-state index contributed by atoms with van der Waals surface area (Å²) in [5.41, 5.74) is 1.22. The fraction of sp³-hybridized carbons (Fsp3) is 0.500. The summed E-state index contributed by atoms with van der Waals surface area (Å²) in [6, 6.07) is 10.5. The summed E-state index contributed by atoms with van der Waals surface area (Å²) in [4.78, 5) is 53.5. The maximum absolute atomic E-state index is 13.6. The molecule has 254 valence electrons. The van der Waals surface area contributed by atoms with Gasteiger partial charge in [0.05, 0.1) is 11.5 Å². The highest BCUT2D eigenvalue weighted by atomic mass is 35.5. The number of hydrogen-bond acceptors (Lipinski definition) is 7. The third-order valence-corrected chi connectivity index (χ3v) is 8.90. The number of benzene rings is 2. The summed E-state index contributed by atoms with van der Waals surface area (Å²) in [6.45, 7) is 10.7. The largest absolute Gasteiger partial charge is 0.459 e. The van der Waals surface area contributed by atoms with E-state index in [-0.39, 0.29) is 55.7 Å². The van der Waals surface area contributed by atoms with Gasteiger partial charge >= 0.3 is 11.9 Å². The van der Waals surface area contributed by atoms with Crippen LogP contribution in [0.4, 0.5) is 4.39 Å². The Morgan fingerprint density at radius 2 is 1.72 bits per heavy atom. The van der Waals surface area contributed by atoms with Crippen molar-refractivity contribution in [2.24, 2.45) is 17.3 Å². The van der Waals surface area contributed by atoms with Gasteiger partial charge in [-0.15, -0.1) is 0 Å². The molecule has 0 saturated carbocycles. The van der Waals surface area contributed by atoms with Gasteiger partial charge in [0.15, 0.2) is 6.10 Å². The van der Waals surface area contributed by atoms with Crippen molar-refractivity contribution in [3.05, 3.63) is 82.1 Å². The van der Waals surface area contributed by atoms with Gasteiger partial charge in [-0.3, -0.25) is 14.4 Å². The van der Waals surface area contributed by atoms with Crippen molar-refractivity contribution >= 4 is 35.4 Å². The summed E-state index contributed by atoms with van der Waals surface area (Å²) in [6.07, 6.45) is 0.859. The van der Waals surface area contributed by atoms with Crippen molar-refractivity contribution in [2.75, 3.05) is 6.54 Å². The molecule has 6 unspecified atom stereocenters. The van der Waals surface area contributed by atoms with Gasteiger partial charge in [-0.1, -0.05) is 62.7 Å². The molecular formula is C36H44ClFN2O7. The number of epoxide rings is 1. The Balaban J connectivity index is 1.61. The van der Waals surface area contributed by atoms with E-state index in [9.17, 15) is 23.6 Å². The molecule has 0 spiro atoms. The number of carbonyl (C=O) groups excluding carboxylic acids is 4. The first-order valence-electron chi connectivity index (χ1n) is 16.0. The lowest BCUT2D eigenvalue weighted by Gasteiger charge is -2.29. The van der Waals surface area contributed by atoms with E-state index in [4.69, 9.17) is 25.8 Å². The number of amides is 2. The lowest BCUT2D eigenvalue weighted by molar-refractivity contribution is -0.179. The number of cyclic esters (lactones) is 2. The fourth-order valence-electron chi connectivity index (χ4n) is 5.40. The minimum absolute atomic E-state index is 0.00103. The molecule has 9 nitrogen and oxygen atoms in total. The molecule has 2 aromatic rings. The van der Waals surface area contributed by atoms with E-state index in [0.29, 0.717) is 5.02 Å². The van der Waals surface area contributed by atoms with Crippen molar-refractivity contribution in [1.82, 2.24) is 10.6 Å². The van der Waals surface area contributed by atoms with Crippen molar-refractivity contribution in [3.8, 4) is 0 Å². The third kappa shape index (κ3) is 9.87. The van der Waals surface area contributed by atoms with Crippen molar-refractivity contribution in [3.63, 3.8) is 0 Å². The zero-order chi connectivity index (χ0) is 34.5. The van der Waals surface area contributed by atoms with E-state index >= 15 is 0 Å². The van der Waals surface area contributed by atoms with Crippen LogP contribution in [-0.2, 0) is 39.8 Å². The number of carbonyl (C=O) groups is 4. The van der Waals surface area contributed by atoms with Crippen LogP contribution in [0.3, 0.4) is 0 Å². The summed E-state index contributed by atoms with van der Waals surface area (Å²) in [5, 5.41) is 6.07. The lowest BCUT2D eigenvalue weighted by Crippen LogP contribution is -2.51. The zero-order valence-electron chi connectivity index (χ0n) is 27.7. The zero-order valence-corrected chi connectivity index (χ0v) is 28.4. The van der Waals surface area contributed by atoms with Crippen LogP contribution >= 0.6 is 11.6 Å². The van der Waals surface area contributed by atoms with Gasteiger partial charge in [0.25, 0.3) is 0 Å². The minimum Gasteiger partial charge on any atom is -0.459 e. The number of halogens is 2. The number of hydrogen-bond donors (Lipinski definition) is 2. The Hall–Kier alpha value is -3.76. The molecule has 2 amide bonds. The predicted molar refractivity (Wildman–Crippen MR) is 175 cm³/mol. The van der Waals surface area contributed by atoms with Crippen LogP contribution < -0.4 is 10.6 Å². The second kappa shape index (κ2) is 15.4. The molecule has 0 aromatic heterocycles. The maximum atomic E-state index is 13.6. The van der Waals surface area contributed by atoms with Gasteiger partial charge in [0, 0.05) is 30.3 Å². The van der Waals surface area contributed by atoms with E-state index in [0.717, 1.165) is 16.7 Å². The SMILES string of the molecule is Cc1ccc(CC2NC(=O)/C=C/CC(C(C)C3OC3c3ccc(F)cc3)OC(=O)C(CC(C)C)OC(=O)C(C)(C)CNC2=O)cc1Cl. The average Bonchev–Trinajstić information content (AvgIpc) is 3.81. The highest BCUT2D eigenvalue weighted by Crippen LogP contribution is 2.45. The van der Waals surface area contributed by atoms with Gasteiger partial charge in [0.2, 0.25) is 11.8 Å². The van der Waals surface area contributed by atoms with Crippen LogP contribution in [0.25, 0.3) is 0 Å². The molecular weight excluding hydrogens is 627 g/mol. The number of esters is 2. The smallest absolute Gasteiger partial charge is 0.347 e. The molecule has 1 saturated heterocycles. The van der Waals surface area contributed by atoms with Crippen LogP contribution in [0.5, 0.6) is 0 Å². The molecule has 2 aliphatic rings. The van der Waals surface area contributed by atoms with Gasteiger partial charge in [-0.05, 0) is 74.1 Å². The molecule has 11 heteroatoms. The molecule has 0 aliphatic carbocycles. The molecule has 47 heavy (non-hydrogen) atoms. The van der Waals surface area contributed by atoms with E-state index in [1.165, 1.54) is 18.2 Å². The Bertz CT molecular complexity index is 1490. The standard InChI is InChI=1S/C36H44ClFN2O7/c1-20(2)16-29-34(43)45-28(22(4)31-32(47-31)24-12-14-25(38)15-13-24)8-7-9-30(41)40-27(18-23-11-10-21(3)26(37)17-23)33(42)39-19-36(5,6)35(44)46-29/h7,9-15,17,20,22,27-29,31-32H,8,16,18-19H2,1-6H3,(H,39,42)(H,40,41)/b9-7+. The summed E-state index contributed by atoms with van der Waals surface area (Å²) in [5.74, 6) is -3.08. The van der Waals surface area contributed by atoms with Crippen molar-refractivity contribution in [2.45, 2.75) is 91.3 Å². The highest BCUT2D eigenvalue weighted by molar-refractivity contribution is 6.31. The monoisotopic (exact) mass is 670 g/mol. The predicted octanol–water partition coefficient (Wildman–Crippen LogP) is 5.56. The molecule has 2 aromatic carbocycles. The third-order valence-electron chi connectivity index (χ3n) is 8.50. The Morgan fingerprint density at radius 3 is 2.38 bits per heavy atom. The van der Waals surface area contributed by atoms with Crippen LogP contribution in [0.2, 0.25) is 5.02 Å². The second-order valence-electron chi connectivity index (χ2n) is 13.5. The first kappa shape index (κ1) is 36.1. The van der Waals surface area contributed by atoms with Crippen LogP contribution in [0.15, 0.2) is 54.6 Å². The van der Waals surface area contributed by atoms with Crippen LogP contribution in [0, 0.1) is 30.0 Å². The first-order chi connectivity index (χ1) is 22.1. The normalized spacial score (nSPS) is 26.9. The quantitative estimate of drug-likeness (QED) is 0.292. The number of ether oxygens (including phenoxy) is 3. The van der Waals surface area contributed by atoms with E-state index in [1.807, 2.05) is 39.8 Å². The minimum atomic E-state index is -1.21. The second-order valence-corrected chi connectivity index (χ2v) is 13.9. The van der Waals surface area contributed by atoms with Gasteiger partial charge < -0.3 is 24.8 Å². The fourth-order valence-corrected chi connectivity index (χ4v) is 5.60. The van der Waals surface area contributed by atoms with Crippen LogP contribution in [0.1, 0.15) is 70.3 Å². The number of rotatable bonds is 7. The van der Waals surface area contributed by atoms with Crippen molar-refractivity contribution in [1.29, 1.82) is 0 Å². The van der Waals surface area contributed by atoms with E-state index in [2.05, 4.69) is 10.6 Å². The lowest BCUT2D eigenvalue weighted by atomic mass is 9.92. The molecule has 1 fully saturated rings. The Morgan fingerprint density at radius 1 is 1.02 bits per heavy atom. The average molecular weight is 671 g/mol. The molecule has 2 heterocycles. The van der Waals surface area contributed by atoms with Crippen LogP contribution in [-0.4, -0.2) is 54.7 Å². The molecule has 0 radical (unpaired) electrons. The highest BCUT2D eigenvalue weighted by Gasteiger charge is 2.48. The maximum Gasteiger partial charge on any atom is 0.347 e. The summed E-state index contributed by atoms with van der Waals surface area (Å²) in [7, 11) is 0. The van der Waals surface area contributed by atoms with Gasteiger partial charge in [-0.2, -0.15) is 0 Å². The molecule has 4 rings (SSSR count). The molecule has 0 bridgehead atoms. The van der Waals surface area contributed by atoms with E-state index in [1.54, 1.807) is 38.1 Å².